The number of para-hydroxylation sites is 1. The van der Waals surface area contributed by atoms with Crippen molar-refractivity contribution in [2.24, 2.45) is 0 Å². The predicted molar refractivity (Wildman–Crippen MR) is 76.4 cm³/mol. The Labute approximate surface area is 120 Å². The smallest absolute Gasteiger partial charge is 0.340 e. The van der Waals surface area contributed by atoms with Crippen LogP contribution in [0, 0.1) is 0 Å². The maximum atomic E-state index is 11.9. The summed E-state index contributed by atoms with van der Waals surface area (Å²) in [4.78, 5) is 11.9. The van der Waals surface area contributed by atoms with E-state index in [0.29, 0.717) is 10.0 Å². The van der Waals surface area contributed by atoms with Crippen LogP contribution in [0.15, 0.2) is 42.5 Å². The van der Waals surface area contributed by atoms with Gasteiger partial charge >= 0.3 is 5.97 Å². The molecule has 5 heteroatoms. The first-order valence-electron chi connectivity index (χ1n) is 5.53. The molecular formula is C14H11Cl2NO2. The maximum Gasteiger partial charge on any atom is 0.340 e. The lowest BCUT2D eigenvalue weighted by molar-refractivity contribution is 0.0474. The highest BCUT2D eigenvalue weighted by molar-refractivity contribution is 6.33. The number of carbonyl (C=O) groups is 1. The molecule has 2 rings (SSSR count). The molecule has 0 saturated heterocycles. The monoisotopic (exact) mass is 295 g/mol. The van der Waals surface area contributed by atoms with Crippen molar-refractivity contribution in [1.82, 2.24) is 0 Å². The van der Waals surface area contributed by atoms with E-state index in [1.165, 1.54) is 0 Å². The average Bonchev–Trinajstić information content (AvgIpc) is 2.39. The number of hydrogen-bond acceptors (Lipinski definition) is 3. The molecule has 0 aliphatic rings. The summed E-state index contributed by atoms with van der Waals surface area (Å²) in [6.07, 6.45) is 0. The largest absolute Gasteiger partial charge is 0.457 e. The molecule has 0 heterocycles. The molecule has 0 aromatic heterocycles. The molecule has 2 aromatic rings. The molecular weight excluding hydrogens is 285 g/mol. The summed E-state index contributed by atoms with van der Waals surface area (Å²) in [5.74, 6) is -0.514. The van der Waals surface area contributed by atoms with Crippen molar-refractivity contribution in [3.63, 3.8) is 0 Å². The molecule has 0 spiro atoms. The third-order valence-corrected chi connectivity index (χ3v) is 3.10. The molecule has 19 heavy (non-hydrogen) atoms. The molecule has 0 aliphatic carbocycles. The SMILES string of the molecule is Nc1c(Cl)cccc1C(=O)OCc1cccc(Cl)c1. The second kappa shape index (κ2) is 5.95. The first-order chi connectivity index (χ1) is 9.08. The van der Waals surface area contributed by atoms with Gasteiger partial charge in [0, 0.05) is 5.02 Å². The zero-order valence-electron chi connectivity index (χ0n) is 9.90. The molecule has 0 radical (unpaired) electrons. The van der Waals surface area contributed by atoms with Crippen LogP contribution < -0.4 is 5.73 Å². The Hall–Kier alpha value is -1.71. The number of nitrogens with two attached hydrogens (primary N) is 1. The van der Waals surface area contributed by atoms with Gasteiger partial charge in [-0.2, -0.15) is 0 Å². The predicted octanol–water partition coefficient (Wildman–Crippen LogP) is 3.93. The van der Waals surface area contributed by atoms with Crippen molar-refractivity contribution >= 4 is 34.9 Å². The van der Waals surface area contributed by atoms with Crippen molar-refractivity contribution in [2.45, 2.75) is 6.61 Å². The normalized spacial score (nSPS) is 10.2. The fourth-order valence-corrected chi connectivity index (χ4v) is 1.96. The van der Waals surface area contributed by atoms with Gasteiger partial charge in [-0.1, -0.05) is 41.4 Å². The van der Waals surface area contributed by atoms with Crippen LogP contribution in [0.25, 0.3) is 0 Å². The Morgan fingerprint density at radius 3 is 2.63 bits per heavy atom. The van der Waals surface area contributed by atoms with E-state index < -0.39 is 5.97 Å². The quantitative estimate of drug-likeness (QED) is 0.689. The van der Waals surface area contributed by atoms with Crippen molar-refractivity contribution < 1.29 is 9.53 Å². The third-order valence-electron chi connectivity index (χ3n) is 2.53. The van der Waals surface area contributed by atoms with Gasteiger partial charge < -0.3 is 10.5 Å². The number of nitrogen functional groups attached to an aromatic ring is 1. The Bertz CT molecular complexity index is 614. The molecule has 0 amide bonds. The lowest BCUT2D eigenvalue weighted by Gasteiger charge is -2.08. The molecule has 98 valence electrons. The minimum atomic E-state index is -0.514. The molecule has 2 aromatic carbocycles. The van der Waals surface area contributed by atoms with Gasteiger partial charge in [-0.3, -0.25) is 0 Å². The summed E-state index contributed by atoms with van der Waals surface area (Å²) >= 11 is 11.7. The summed E-state index contributed by atoms with van der Waals surface area (Å²) in [6.45, 7) is 0.130. The van der Waals surface area contributed by atoms with E-state index in [9.17, 15) is 4.79 Å². The van der Waals surface area contributed by atoms with Crippen molar-refractivity contribution in [2.75, 3.05) is 5.73 Å². The van der Waals surface area contributed by atoms with Gasteiger partial charge in [0.1, 0.15) is 6.61 Å². The van der Waals surface area contributed by atoms with Gasteiger partial charge in [0.05, 0.1) is 16.3 Å². The molecule has 0 fully saturated rings. The number of hydrogen-bond donors (Lipinski definition) is 1. The number of ether oxygens (including phenoxy) is 1. The number of benzene rings is 2. The summed E-state index contributed by atoms with van der Waals surface area (Å²) in [7, 11) is 0. The topological polar surface area (TPSA) is 52.3 Å². The van der Waals surface area contributed by atoms with E-state index >= 15 is 0 Å². The second-order valence-corrected chi connectivity index (χ2v) is 4.75. The van der Waals surface area contributed by atoms with E-state index in [-0.39, 0.29) is 17.9 Å². The van der Waals surface area contributed by atoms with Crippen LogP contribution in [0.2, 0.25) is 10.0 Å². The van der Waals surface area contributed by atoms with E-state index in [1.54, 1.807) is 36.4 Å². The summed E-state index contributed by atoms with van der Waals surface area (Å²) in [6, 6.07) is 11.9. The van der Waals surface area contributed by atoms with E-state index in [4.69, 9.17) is 33.7 Å². The Morgan fingerprint density at radius 1 is 1.16 bits per heavy atom. The lowest BCUT2D eigenvalue weighted by Crippen LogP contribution is -2.08. The van der Waals surface area contributed by atoms with Crippen LogP contribution >= 0.6 is 23.2 Å². The minimum Gasteiger partial charge on any atom is -0.457 e. The number of rotatable bonds is 3. The van der Waals surface area contributed by atoms with Gasteiger partial charge in [-0.25, -0.2) is 4.79 Å². The fraction of sp³-hybridized carbons (Fsp3) is 0.0714. The molecule has 0 atom stereocenters. The number of halogens is 2. The minimum absolute atomic E-state index is 0.130. The fourth-order valence-electron chi connectivity index (χ4n) is 1.57. The van der Waals surface area contributed by atoms with Crippen LogP contribution in [-0.4, -0.2) is 5.97 Å². The van der Waals surface area contributed by atoms with Gasteiger partial charge in [0.25, 0.3) is 0 Å². The van der Waals surface area contributed by atoms with Gasteiger partial charge in [-0.05, 0) is 29.8 Å². The van der Waals surface area contributed by atoms with Crippen molar-refractivity contribution in [1.29, 1.82) is 0 Å². The maximum absolute atomic E-state index is 11.9. The van der Waals surface area contributed by atoms with Crippen LogP contribution in [0.3, 0.4) is 0 Å². The second-order valence-electron chi connectivity index (χ2n) is 3.91. The Kier molecular flexibility index (Phi) is 4.30. The highest BCUT2D eigenvalue weighted by Crippen LogP contribution is 2.23. The highest BCUT2D eigenvalue weighted by Gasteiger charge is 2.13. The highest BCUT2D eigenvalue weighted by atomic mass is 35.5. The van der Waals surface area contributed by atoms with Gasteiger partial charge in [0.15, 0.2) is 0 Å². The van der Waals surface area contributed by atoms with Gasteiger partial charge in [0.2, 0.25) is 0 Å². The number of anilines is 1. The van der Waals surface area contributed by atoms with Crippen LogP contribution in [-0.2, 0) is 11.3 Å². The molecule has 0 unspecified atom stereocenters. The first-order valence-corrected chi connectivity index (χ1v) is 6.29. The van der Waals surface area contributed by atoms with Gasteiger partial charge in [-0.15, -0.1) is 0 Å². The van der Waals surface area contributed by atoms with E-state index in [2.05, 4.69) is 0 Å². The molecule has 0 saturated carbocycles. The lowest BCUT2D eigenvalue weighted by atomic mass is 10.2. The van der Waals surface area contributed by atoms with Crippen molar-refractivity contribution in [3.05, 3.63) is 63.6 Å². The van der Waals surface area contributed by atoms with Crippen molar-refractivity contribution in [3.8, 4) is 0 Å². The summed E-state index contributed by atoms with van der Waals surface area (Å²) in [5, 5.41) is 0.924. The van der Waals surface area contributed by atoms with Crippen LogP contribution in [0.4, 0.5) is 5.69 Å². The van der Waals surface area contributed by atoms with E-state index in [0.717, 1.165) is 5.56 Å². The number of esters is 1. The first kappa shape index (κ1) is 13.7. The standard InChI is InChI=1S/C14H11Cl2NO2/c15-10-4-1-3-9(7-10)8-19-14(18)11-5-2-6-12(16)13(11)17/h1-7H,8,17H2. The average molecular weight is 296 g/mol. The Morgan fingerprint density at radius 2 is 1.89 bits per heavy atom. The van der Waals surface area contributed by atoms with E-state index in [1.807, 2.05) is 6.07 Å². The van der Waals surface area contributed by atoms with Crippen LogP contribution in [0.1, 0.15) is 15.9 Å². The molecule has 0 bridgehead atoms. The molecule has 0 aliphatic heterocycles. The zero-order chi connectivity index (χ0) is 13.8. The zero-order valence-corrected chi connectivity index (χ0v) is 11.4. The third kappa shape index (κ3) is 3.40. The Balaban J connectivity index is 2.08. The summed E-state index contributed by atoms with van der Waals surface area (Å²) in [5.41, 5.74) is 7.01. The molecule has 3 nitrogen and oxygen atoms in total. The van der Waals surface area contributed by atoms with Crippen LogP contribution in [0.5, 0.6) is 0 Å². The molecule has 2 N–H and O–H groups in total. The summed E-state index contributed by atoms with van der Waals surface area (Å²) < 4.78 is 5.17. The number of carbonyl (C=O) groups excluding carboxylic acids is 1.